The molecule has 0 fully saturated rings. The first kappa shape index (κ1) is 25.5. The van der Waals surface area contributed by atoms with Gasteiger partial charge in [0, 0.05) is 0 Å². The van der Waals surface area contributed by atoms with E-state index in [9.17, 15) is 14.0 Å². The van der Waals surface area contributed by atoms with E-state index in [1.165, 1.54) is 16.7 Å². The van der Waals surface area contributed by atoms with Crippen LogP contribution in [0.4, 0.5) is 0 Å². The van der Waals surface area contributed by atoms with Crippen LogP contribution in [0.5, 0.6) is 0 Å². The minimum Gasteiger partial charge on any atom is -0.367 e. The molecule has 0 heterocycles. The first-order chi connectivity index (χ1) is 11.9. The van der Waals surface area contributed by atoms with Gasteiger partial charge in [0.05, 0.1) is 6.61 Å². The zero-order valence-electron chi connectivity index (χ0n) is 16.3. The molecule has 26 heavy (non-hydrogen) atoms. The van der Waals surface area contributed by atoms with Crippen LogP contribution in [-0.4, -0.2) is 33.5 Å². The highest BCUT2D eigenvalue weighted by atomic mass is 31.2. The molecule has 0 aromatic carbocycles. The summed E-state index contributed by atoms with van der Waals surface area (Å²) in [5.74, 6) is -1.04. The normalized spacial score (nSPS) is 15.7. The smallest absolute Gasteiger partial charge is 0.335 e. The van der Waals surface area contributed by atoms with Gasteiger partial charge in [-0.25, -0.2) is 0 Å². The summed E-state index contributed by atoms with van der Waals surface area (Å²) in [5, 5.41) is 0. The Morgan fingerprint density at radius 2 is 1.58 bits per heavy atom. The first-order valence-electron chi connectivity index (χ1n) is 8.85. The number of hydrogen-bond donors (Lipinski definition) is 3. The molecule has 0 saturated carbocycles. The van der Waals surface area contributed by atoms with Crippen molar-refractivity contribution in [1.29, 1.82) is 0 Å². The lowest BCUT2D eigenvalue weighted by Crippen LogP contribution is -2.01. The van der Waals surface area contributed by atoms with Crippen molar-refractivity contribution in [2.45, 2.75) is 59.8 Å². The van der Waals surface area contributed by atoms with E-state index in [4.69, 9.17) is 14.5 Å². The third-order valence-corrected chi connectivity index (χ3v) is 7.52. The Morgan fingerprint density at radius 1 is 0.962 bits per heavy atom. The SMILES string of the molecule is CCC(=CCOCP(=O)(O)CP(=O)(O)O)CCC=C(C)CCC=C(C)C. The van der Waals surface area contributed by atoms with Gasteiger partial charge in [0.15, 0.2) is 0 Å². The van der Waals surface area contributed by atoms with Crippen LogP contribution in [0, 0.1) is 0 Å². The zero-order valence-corrected chi connectivity index (χ0v) is 18.1. The van der Waals surface area contributed by atoms with Gasteiger partial charge in [-0.3, -0.25) is 9.13 Å². The molecule has 0 rings (SSSR count). The van der Waals surface area contributed by atoms with Crippen LogP contribution in [0.25, 0.3) is 0 Å². The quantitative estimate of drug-likeness (QED) is 0.220. The highest BCUT2D eigenvalue weighted by molar-refractivity contribution is 7.72. The molecule has 0 aromatic rings. The van der Waals surface area contributed by atoms with E-state index in [0.717, 1.165) is 32.1 Å². The van der Waals surface area contributed by atoms with Gasteiger partial charge < -0.3 is 19.4 Å². The van der Waals surface area contributed by atoms with Crippen molar-refractivity contribution in [3.05, 3.63) is 34.9 Å². The summed E-state index contributed by atoms with van der Waals surface area (Å²) in [6.45, 7) is 8.54. The fourth-order valence-corrected chi connectivity index (χ4v) is 5.34. The van der Waals surface area contributed by atoms with Crippen molar-refractivity contribution < 1.29 is 28.5 Å². The Bertz CT molecular complexity index is 597. The molecule has 0 saturated heterocycles. The Morgan fingerprint density at radius 3 is 2.12 bits per heavy atom. The lowest BCUT2D eigenvalue weighted by molar-refractivity contribution is 0.199. The van der Waals surface area contributed by atoms with Crippen LogP contribution < -0.4 is 0 Å². The molecule has 0 amide bonds. The third kappa shape index (κ3) is 15.7. The summed E-state index contributed by atoms with van der Waals surface area (Å²) < 4.78 is 27.5. The first-order valence-corrected chi connectivity index (χ1v) is 12.7. The maximum absolute atomic E-state index is 11.6. The van der Waals surface area contributed by atoms with E-state index >= 15 is 0 Å². The molecule has 0 aliphatic rings. The van der Waals surface area contributed by atoms with E-state index in [2.05, 4.69) is 32.9 Å². The molecule has 8 heteroatoms. The van der Waals surface area contributed by atoms with Gasteiger partial charge in [0.1, 0.15) is 12.3 Å². The minimum atomic E-state index is -4.52. The molecule has 6 nitrogen and oxygen atoms in total. The molecule has 152 valence electrons. The molecule has 0 aliphatic carbocycles. The van der Waals surface area contributed by atoms with Crippen molar-refractivity contribution in [2.24, 2.45) is 0 Å². The van der Waals surface area contributed by atoms with Crippen molar-refractivity contribution in [2.75, 3.05) is 18.9 Å². The standard InChI is InChI=1S/C18H34O6P2/c1-5-18(11-7-10-17(4)9-6-8-16(2)3)12-13-24-14-25(19,20)15-26(21,22)23/h8,10,12H,5-7,9,11,13-15H2,1-4H3,(H,19,20)(H2,21,22,23). The summed E-state index contributed by atoms with van der Waals surface area (Å²) in [6.07, 6.45) is 10.6. The van der Waals surface area contributed by atoms with Crippen molar-refractivity contribution >= 4 is 15.0 Å². The molecule has 0 aliphatic heterocycles. The van der Waals surface area contributed by atoms with Crippen molar-refractivity contribution in [3.8, 4) is 0 Å². The second-order valence-electron chi connectivity index (χ2n) is 6.78. The second kappa shape index (κ2) is 12.8. The molecule has 0 aromatic heterocycles. The second-order valence-corrected chi connectivity index (χ2v) is 11.2. The van der Waals surface area contributed by atoms with Gasteiger partial charge >= 0.3 is 7.60 Å². The molecule has 1 unspecified atom stereocenters. The van der Waals surface area contributed by atoms with Gasteiger partial charge in [0.25, 0.3) is 0 Å². The third-order valence-electron chi connectivity index (χ3n) is 3.69. The van der Waals surface area contributed by atoms with Gasteiger partial charge in [-0.15, -0.1) is 0 Å². The predicted octanol–water partition coefficient (Wildman–Crippen LogP) is 5.18. The lowest BCUT2D eigenvalue weighted by atomic mass is 10.0. The maximum Gasteiger partial charge on any atom is 0.335 e. The predicted molar refractivity (Wildman–Crippen MR) is 108 cm³/mol. The van der Waals surface area contributed by atoms with Crippen LogP contribution in [0.1, 0.15) is 59.8 Å². The summed E-state index contributed by atoms with van der Waals surface area (Å²) in [5.41, 5.74) is 3.90. The van der Waals surface area contributed by atoms with Gasteiger partial charge in [-0.1, -0.05) is 41.9 Å². The van der Waals surface area contributed by atoms with E-state index in [1.807, 2.05) is 13.0 Å². The average Bonchev–Trinajstić information content (AvgIpc) is 2.46. The molecule has 1 atom stereocenters. The zero-order chi connectivity index (χ0) is 20.2. The summed E-state index contributed by atoms with van der Waals surface area (Å²) >= 11 is 0. The number of allylic oxidation sites excluding steroid dienone is 5. The van der Waals surface area contributed by atoms with Crippen LogP contribution in [-0.2, 0) is 13.9 Å². The Labute approximate surface area is 157 Å². The maximum atomic E-state index is 11.6. The van der Waals surface area contributed by atoms with E-state index in [1.54, 1.807) is 0 Å². The Hall–Kier alpha value is -0.480. The molecular formula is C18H34O6P2. The number of ether oxygens (including phenoxy) is 1. The monoisotopic (exact) mass is 408 g/mol. The van der Waals surface area contributed by atoms with Crippen LogP contribution in [0.15, 0.2) is 34.9 Å². The molecular weight excluding hydrogens is 374 g/mol. The van der Waals surface area contributed by atoms with Gasteiger partial charge in [-0.05, 0) is 52.9 Å². The summed E-state index contributed by atoms with van der Waals surface area (Å²) in [7, 11) is -8.48. The number of hydrogen-bond acceptors (Lipinski definition) is 3. The fraction of sp³-hybridized carbons (Fsp3) is 0.667. The van der Waals surface area contributed by atoms with E-state index in [0.29, 0.717) is 0 Å². The summed E-state index contributed by atoms with van der Waals surface area (Å²) in [6, 6.07) is 0. The largest absolute Gasteiger partial charge is 0.367 e. The van der Waals surface area contributed by atoms with E-state index in [-0.39, 0.29) is 6.61 Å². The van der Waals surface area contributed by atoms with Crippen molar-refractivity contribution in [1.82, 2.24) is 0 Å². The molecule has 0 radical (unpaired) electrons. The summed E-state index contributed by atoms with van der Waals surface area (Å²) in [4.78, 5) is 27.0. The lowest BCUT2D eigenvalue weighted by Gasteiger charge is -2.12. The minimum absolute atomic E-state index is 0.165. The number of rotatable bonds is 13. The van der Waals surface area contributed by atoms with Gasteiger partial charge in [-0.2, -0.15) is 0 Å². The van der Waals surface area contributed by atoms with Crippen LogP contribution in [0.2, 0.25) is 0 Å². The van der Waals surface area contributed by atoms with E-state index < -0.39 is 27.2 Å². The van der Waals surface area contributed by atoms with Gasteiger partial charge in [0.2, 0.25) is 7.37 Å². The topological polar surface area (TPSA) is 104 Å². The average molecular weight is 408 g/mol. The Kier molecular flexibility index (Phi) is 12.6. The molecule has 0 spiro atoms. The Balaban J connectivity index is 4.26. The van der Waals surface area contributed by atoms with Crippen molar-refractivity contribution in [3.63, 3.8) is 0 Å². The highest BCUT2D eigenvalue weighted by Gasteiger charge is 2.29. The fourth-order valence-electron chi connectivity index (χ4n) is 2.32. The van der Waals surface area contributed by atoms with Crippen LogP contribution in [0.3, 0.4) is 0 Å². The molecule has 3 N–H and O–H groups in total. The van der Waals surface area contributed by atoms with Crippen LogP contribution >= 0.6 is 15.0 Å². The molecule has 0 bridgehead atoms. The highest BCUT2D eigenvalue weighted by Crippen LogP contribution is 2.54.